The number of carboxylic acids is 1. The van der Waals surface area contributed by atoms with Crippen molar-refractivity contribution in [3.05, 3.63) is 59.8 Å². The van der Waals surface area contributed by atoms with Gasteiger partial charge in [0.15, 0.2) is 0 Å². The van der Waals surface area contributed by atoms with Crippen molar-refractivity contribution in [3.8, 4) is 28.4 Å². The van der Waals surface area contributed by atoms with Gasteiger partial charge >= 0.3 is 5.97 Å². The third-order valence-corrected chi connectivity index (χ3v) is 7.28. The summed E-state index contributed by atoms with van der Waals surface area (Å²) in [7, 11) is 0. The molecule has 1 N–H and O–H groups in total. The Morgan fingerprint density at radius 2 is 1.65 bits per heavy atom. The van der Waals surface area contributed by atoms with E-state index in [4.69, 9.17) is 14.2 Å². The highest BCUT2D eigenvalue weighted by Crippen LogP contribution is 2.32. The topological polar surface area (TPSA) is 86.1 Å². The van der Waals surface area contributed by atoms with Crippen molar-refractivity contribution in [3.63, 3.8) is 0 Å². The van der Waals surface area contributed by atoms with Crippen molar-refractivity contribution < 1.29 is 24.1 Å². The van der Waals surface area contributed by atoms with Crippen LogP contribution in [0.15, 0.2) is 48.5 Å². The third-order valence-electron chi connectivity index (χ3n) is 7.28. The minimum Gasteiger partial charge on any atom is -0.493 e. The Morgan fingerprint density at radius 3 is 2.38 bits per heavy atom. The molecular weight excluding hydrogens is 506 g/mol. The first-order valence-electron chi connectivity index (χ1n) is 14.7. The Bertz CT molecular complexity index is 1200. The van der Waals surface area contributed by atoms with Gasteiger partial charge in [-0.25, -0.2) is 9.48 Å². The molecule has 1 aliphatic rings. The molecule has 40 heavy (non-hydrogen) atoms. The van der Waals surface area contributed by atoms with Crippen molar-refractivity contribution in [1.29, 1.82) is 0 Å². The van der Waals surface area contributed by atoms with E-state index in [0.717, 1.165) is 42.1 Å². The smallest absolute Gasteiger partial charge is 0.343 e. The zero-order valence-corrected chi connectivity index (χ0v) is 23.9. The Morgan fingerprint density at radius 1 is 0.925 bits per heavy atom. The van der Waals surface area contributed by atoms with Crippen molar-refractivity contribution in [1.82, 2.24) is 14.7 Å². The number of nitrogens with zero attached hydrogens (tertiary/aromatic N) is 3. The lowest BCUT2D eigenvalue weighted by Gasteiger charge is -2.26. The summed E-state index contributed by atoms with van der Waals surface area (Å²) >= 11 is 0. The molecule has 3 aromatic rings. The predicted octanol–water partition coefficient (Wildman–Crippen LogP) is 6.25. The summed E-state index contributed by atoms with van der Waals surface area (Å²) in [5.74, 6) is 0.113. The van der Waals surface area contributed by atoms with Crippen LogP contribution in [-0.2, 0) is 11.2 Å². The molecule has 1 aromatic heterocycles. The minimum absolute atomic E-state index is 0.127. The molecule has 0 atom stereocenters. The van der Waals surface area contributed by atoms with Gasteiger partial charge in [0.1, 0.15) is 17.9 Å². The normalized spacial score (nSPS) is 13.8. The molecule has 1 fully saturated rings. The molecule has 4 rings (SSSR count). The number of benzene rings is 2. The Kier molecular flexibility index (Phi) is 11.4. The quantitative estimate of drug-likeness (QED) is 0.211. The minimum atomic E-state index is -1.03. The lowest BCUT2D eigenvalue weighted by atomic mass is 10.0. The number of hydrogen-bond acceptors (Lipinski definition) is 6. The number of para-hydroxylation sites is 1. The van der Waals surface area contributed by atoms with Gasteiger partial charge in [0.2, 0.25) is 5.88 Å². The Labute approximate surface area is 237 Å². The van der Waals surface area contributed by atoms with Crippen molar-refractivity contribution in [2.75, 3.05) is 46.1 Å². The first kappa shape index (κ1) is 29.6. The van der Waals surface area contributed by atoms with Crippen LogP contribution < -0.4 is 9.47 Å². The maximum atomic E-state index is 12.2. The molecule has 0 spiro atoms. The van der Waals surface area contributed by atoms with Crippen LogP contribution in [0.1, 0.15) is 68.4 Å². The van der Waals surface area contributed by atoms with Gasteiger partial charge in [0.25, 0.3) is 0 Å². The summed E-state index contributed by atoms with van der Waals surface area (Å²) in [6.45, 7) is 9.02. The average Bonchev–Trinajstić information content (AvgIpc) is 3.36. The standard InChI is InChI=1S/C32H43N3O5/c1-3-5-6-7-8-11-21-39-29-13-10-9-12-27(29)25-14-16-26(17-15-25)35-31(30(32(36)37)28(4-2)33-35)40-24-20-34-18-22-38-23-19-34/h9-10,12-17H,3-8,11,18-24H2,1-2H3,(H,36,37). The second kappa shape index (κ2) is 15.4. The molecule has 0 bridgehead atoms. The average molecular weight is 550 g/mol. The molecule has 1 aliphatic heterocycles. The first-order valence-corrected chi connectivity index (χ1v) is 14.7. The van der Waals surface area contributed by atoms with E-state index in [-0.39, 0.29) is 11.4 Å². The SMILES string of the molecule is CCCCCCCCOc1ccccc1-c1ccc(-n2nc(CC)c(C(=O)O)c2OCCN2CCOCC2)cc1. The summed E-state index contributed by atoms with van der Waals surface area (Å²) in [5, 5.41) is 14.6. The number of unbranched alkanes of at least 4 members (excludes halogenated alkanes) is 5. The second-order valence-electron chi connectivity index (χ2n) is 10.2. The van der Waals surface area contributed by atoms with Crippen molar-refractivity contribution >= 4 is 5.97 Å². The molecule has 0 radical (unpaired) electrons. The summed E-state index contributed by atoms with van der Waals surface area (Å²) in [4.78, 5) is 14.4. The highest BCUT2D eigenvalue weighted by atomic mass is 16.5. The molecular formula is C32H43N3O5. The van der Waals surface area contributed by atoms with E-state index < -0.39 is 5.97 Å². The zero-order chi connectivity index (χ0) is 28.2. The largest absolute Gasteiger partial charge is 0.493 e. The molecule has 2 heterocycles. The highest BCUT2D eigenvalue weighted by molar-refractivity contribution is 5.92. The predicted molar refractivity (Wildman–Crippen MR) is 157 cm³/mol. The number of aryl methyl sites for hydroxylation is 1. The summed E-state index contributed by atoms with van der Waals surface area (Å²) < 4.78 is 19.3. The molecule has 0 amide bonds. The van der Waals surface area contributed by atoms with Gasteiger partial charge in [0, 0.05) is 25.2 Å². The van der Waals surface area contributed by atoms with E-state index >= 15 is 0 Å². The monoisotopic (exact) mass is 549 g/mol. The van der Waals surface area contributed by atoms with Gasteiger partial charge < -0.3 is 19.3 Å². The fraction of sp³-hybridized carbons (Fsp3) is 0.500. The number of hydrogen-bond donors (Lipinski definition) is 1. The number of aromatic nitrogens is 2. The highest BCUT2D eigenvalue weighted by Gasteiger charge is 2.25. The molecule has 216 valence electrons. The lowest BCUT2D eigenvalue weighted by Crippen LogP contribution is -2.38. The van der Waals surface area contributed by atoms with E-state index in [1.807, 2.05) is 49.4 Å². The fourth-order valence-corrected chi connectivity index (χ4v) is 4.99. The van der Waals surface area contributed by atoms with E-state index in [9.17, 15) is 9.90 Å². The molecule has 1 saturated heterocycles. The van der Waals surface area contributed by atoms with Crippen LogP contribution >= 0.6 is 0 Å². The van der Waals surface area contributed by atoms with E-state index in [2.05, 4.69) is 23.0 Å². The fourth-order valence-electron chi connectivity index (χ4n) is 4.99. The maximum Gasteiger partial charge on any atom is 0.343 e. The summed E-state index contributed by atoms with van der Waals surface area (Å²) in [6, 6.07) is 16.0. The number of carboxylic acid groups (broad SMARTS) is 1. The number of ether oxygens (including phenoxy) is 3. The molecule has 8 heteroatoms. The lowest BCUT2D eigenvalue weighted by molar-refractivity contribution is 0.0317. The van der Waals surface area contributed by atoms with Gasteiger partial charge in [0.05, 0.1) is 31.2 Å². The van der Waals surface area contributed by atoms with Crippen molar-refractivity contribution in [2.45, 2.75) is 58.8 Å². The van der Waals surface area contributed by atoms with Crippen LogP contribution in [-0.4, -0.2) is 71.8 Å². The number of morpholine rings is 1. The van der Waals surface area contributed by atoms with Gasteiger partial charge in [-0.05, 0) is 36.6 Å². The van der Waals surface area contributed by atoms with Crippen LogP contribution in [0.25, 0.3) is 16.8 Å². The third kappa shape index (κ3) is 7.86. The van der Waals surface area contributed by atoms with E-state index in [1.54, 1.807) is 4.68 Å². The van der Waals surface area contributed by atoms with Gasteiger partial charge in [-0.2, -0.15) is 5.10 Å². The summed E-state index contributed by atoms with van der Waals surface area (Å²) in [5.41, 5.74) is 3.44. The number of carbonyl (C=O) groups is 1. The first-order chi connectivity index (χ1) is 19.6. The summed E-state index contributed by atoms with van der Waals surface area (Å²) in [6.07, 6.45) is 7.85. The van der Waals surface area contributed by atoms with Gasteiger partial charge in [-0.3, -0.25) is 4.90 Å². The molecule has 0 unspecified atom stereocenters. The molecule has 2 aromatic carbocycles. The molecule has 8 nitrogen and oxygen atoms in total. The second-order valence-corrected chi connectivity index (χ2v) is 10.2. The van der Waals surface area contributed by atoms with Crippen LogP contribution in [0.4, 0.5) is 0 Å². The Hall–Kier alpha value is -3.36. The van der Waals surface area contributed by atoms with Crippen LogP contribution in [0.2, 0.25) is 0 Å². The number of rotatable bonds is 16. The van der Waals surface area contributed by atoms with E-state index in [0.29, 0.717) is 45.1 Å². The van der Waals surface area contributed by atoms with Gasteiger partial charge in [-0.1, -0.05) is 76.3 Å². The molecule has 0 aliphatic carbocycles. The van der Waals surface area contributed by atoms with Crippen LogP contribution in [0.3, 0.4) is 0 Å². The van der Waals surface area contributed by atoms with Crippen molar-refractivity contribution in [2.24, 2.45) is 0 Å². The zero-order valence-electron chi connectivity index (χ0n) is 23.9. The number of aromatic carboxylic acids is 1. The van der Waals surface area contributed by atoms with Crippen LogP contribution in [0.5, 0.6) is 11.6 Å². The van der Waals surface area contributed by atoms with E-state index in [1.165, 1.54) is 32.1 Å². The van der Waals surface area contributed by atoms with Crippen LogP contribution in [0, 0.1) is 0 Å². The Balaban J connectivity index is 1.48. The van der Waals surface area contributed by atoms with Gasteiger partial charge in [-0.15, -0.1) is 0 Å². The molecule has 0 saturated carbocycles. The maximum absolute atomic E-state index is 12.2.